The van der Waals surface area contributed by atoms with Gasteiger partial charge in [-0.1, -0.05) is 24.6 Å². The van der Waals surface area contributed by atoms with Crippen LogP contribution >= 0.6 is 0 Å². The highest BCUT2D eigenvalue weighted by Crippen LogP contribution is 2.14. The molecule has 0 fully saturated rings. The number of hydrogen-bond acceptors (Lipinski definition) is 0. The quantitative estimate of drug-likeness (QED) is 0.523. The summed E-state index contributed by atoms with van der Waals surface area (Å²) in [6.07, 6.45) is 8.01. The number of rotatable bonds is 5. The van der Waals surface area contributed by atoms with E-state index in [-0.39, 0.29) is 0 Å². The first-order valence-electron chi connectivity index (χ1n) is 4.46. The first kappa shape index (κ1) is 10.5. The Labute approximate surface area is 71.0 Å². The van der Waals surface area contributed by atoms with Gasteiger partial charge in [-0.2, -0.15) is 0 Å². The Bertz CT molecular complexity index is 127. The molecule has 0 aliphatic carbocycles. The Balaban J connectivity index is 3.75. The minimum Gasteiger partial charge on any atom is -0.103 e. The number of hydrogen-bond donors (Lipinski definition) is 0. The molecule has 11 heavy (non-hydrogen) atoms. The summed E-state index contributed by atoms with van der Waals surface area (Å²) in [4.78, 5) is 0. The number of allylic oxidation sites excluding steroid dienone is 3. The van der Waals surface area contributed by atoms with Crippen LogP contribution in [0.15, 0.2) is 24.3 Å². The van der Waals surface area contributed by atoms with Gasteiger partial charge < -0.3 is 0 Å². The van der Waals surface area contributed by atoms with Gasteiger partial charge >= 0.3 is 0 Å². The molecule has 0 radical (unpaired) electrons. The third-order valence-electron chi connectivity index (χ3n) is 1.83. The molecular weight excluding hydrogens is 132 g/mol. The summed E-state index contributed by atoms with van der Waals surface area (Å²) in [6, 6.07) is 0. The van der Waals surface area contributed by atoms with Crippen molar-refractivity contribution in [3.8, 4) is 0 Å². The Morgan fingerprint density at radius 1 is 1.45 bits per heavy atom. The summed E-state index contributed by atoms with van der Waals surface area (Å²) in [5.74, 6) is 0.762. The first-order valence-corrected chi connectivity index (χ1v) is 4.46. The van der Waals surface area contributed by atoms with Crippen LogP contribution in [0.4, 0.5) is 0 Å². The SMILES string of the molecule is C=CCCC(C=C(C)C)CC. The maximum Gasteiger partial charge on any atom is -0.0231 e. The van der Waals surface area contributed by atoms with Crippen molar-refractivity contribution >= 4 is 0 Å². The van der Waals surface area contributed by atoms with Crippen molar-refractivity contribution in [3.05, 3.63) is 24.3 Å². The largest absolute Gasteiger partial charge is 0.103 e. The summed E-state index contributed by atoms with van der Waals surface area (Å²) in [5, 5.41) is 0. The van der Waals surface area contributed by atoms with Crippen LogP contribution in [0.5, 0.6) is 0 Å². The average molecular weight is 152 g/mol. The second-order valence-electron chi connectivity index (χ2n) is 3.28. The monoisotopic (exact) mass is 152 g/mol. The van der Waals surface area contributed by atoms with Crippen LogP contribution in [0.3, 0.4) is 0 Å². The maximum atomic E-state index is 3.73. The van der Waals surface area contributed by atoms with Crippen LogP contribution in [0.1, 0.15) is 40.0 Å². The molecule has 0 aliphatic rings. The molecule has 0 heterocycles. The van der Waals surface area contributed by atoms with E-state index < -0.39 is 0 Å². The molecule has 0 nitrogen and oxygen atoms in total. The third kappa shape index (κ3) is 5.90. The van der Waals surface area contributed by atoms with Gasteiger partial charge in [-0.05, 0) is 39.0 Å². The van der Waals surface area contributed by atoms with E-state index in [1.165, 1.54) is 18.4 Å². The van der Waals surface area contributed by atoms with Gasteiger partial charge in [0.05, 0.1) is 0 Å². The molecule has 64 valence electrons. The van der Waals surface area contributed by atoms with Crippen molar-refractivity contribution in [3.63, 3.8) is 0 Å². The van der Waals surface area contributed by atoms with Gasteiger partial charge in [0.15, 0.2) is 0 Å². The Hall–Kier alpha value is -0.520. The lowest BCUT2D eigenvalue weighted by atomic mass is 9.98. The van der Waals surface area contributed by atoms with Crippen LogP contribution < -0.4 is 0 Å². The predicted octanol–water partition coefficient (Wildman–Crippen LogP) is 3.95. The fraction of sp³-hybridized carbons (Fsp3) is 0.636. The Morgan fingerprint density at radius 2 is 2.09 bits per heavy atom. The summed E-state index contributed by atoms with van der Waals surface area (Å²) in [7, 11) is 0. The molecule has 0 bridgehead atoms. The van der Waals surface area contributed by atoms with Gasteiger partial charge in [0, 0.05) is 0 Å². The maximum absolute atomic E-state index is 3.73. The minimum atomic E-state index is 0.762. The summed E-state index contributed by atoms with van der Waals surface area (Å²) in [5.41, 5.74) is 1.43. The zero-order chi connectivity index (χ0) is 8.69. The molecule has 1 unspecified atom stereocenters. The van der Waals surface area contributed by atoms with E-state index in [0.717, 1.165) is 12.3 Å². The standard InChI is InChI=1S/C11H20/c1-5-7-8-11(6-2)9-10(3)4/h5,9,11H,1,6-8H2,2-4H3. The van der Waals surface area contributed by atoms with E-state index in [2.05, 4.69) is 33.4 Å². The highest BCUT2D eigenvalue weighted by Gasteiger charge is 1.99. The Kier molecular flexibility index (Phi) is 5.91. The van der Waals surface area contributed by atoms with Gasteiger partial charge in [0.25, 0.3) is 0 Å². The molecule has 0 saturated carbocycles. The molecule has 0 aromatic rings. The fourth-order valence-electron chi connectivity index (χ4n) is 1.21. The molecule has 0 amide bonds. The highest BCUT2D eigenvalue weighted by molar-refractivity contribution is 4.97. The van der Waals surface area contributed by atoms with Gasteiger partial charge in [-0.3, -0.25) is 0 Å². The molecule has 0 aromatic carbocycles. The van der Waals surface area contributed by atoms with E-state index in [1.54, 1.807) is 0 Å². The zero-order valence-corrected chi connectivity index (χ0v) is 8.06. The molecular formula is C11H20. The molecule has 0 rings (SSSR count). The highest BCUT2D eigenvalue weighted by atomic mass is 14.0. The summed E-state index contributed by atoms with van der Waals surface area (Å²) in [6.45, 7) is 10.3. The van der Waals surface area contributed by atoms with Crippen LogP contribution in [-0.4, -0.2) is 0 Å². The summed E-state index contributed by atoms with van der Waals surface area (Å²) >= 11 is 0. The smallest absolute Gasteiger partial charge is 0.0231 e. The molecule has 0 saturated heterocycles. The van der Waals surface area contributed by atoms with Gasteiger partial charge in [-0.15, -0.1) is 6.58 Å². The Morgan fingerprint density at radius 3 is 2.45 bits per heavy atom. The third-order valence-corrected chi connectivity index (χ3v) is 1.83. The fourth-order valence-corrected chi connectivity index (χ4v) is 1.21. The minimum absolute atomic E-state index is 0.762. The van der Waals surface area contributed by atoms with Crippen molar-refractivity contribution in [2.24, 2.45) is 5.92 Å². The van der Waals surface area contributed by atoms with Crippen molar-refractivity contribution in [1.82, 2.24) is 0 Å². The normalized spacial score (nSPS) is 12.3. The summed E-state index contributed by atoms with van der Waals surface area (Å²) < 4.78 is 0. The van der Waals surface area contributed by atoms with Gasteiger partial charge in [-0.25, -0.2) is 0 Å². The van der Waals surface area contributed by atoms with Crippen LogP contribution in [0, 0.1) is 5.92 Å². The molecule has 0 spiro atoms. The van der Waals surface area contributed by atoms with Crippen LogP contribution in [0.2, 0.25) is 0 Å². The molecule has 0 aromatic heterocycles. The van der Waals surface area contributed by atoms with E-state index >= 15 is 0 Å². The van der Waals surface area contributed by atoms with Crippen LogP contribution in [0.25, 0.3) is 0 Å². The van der Waals surface area contributed by atoms with E-state index in [4.69, 9.17) is 0 Å². The van der Waals surface area contributed by atoms with Crippen molar-refractivity contribution in [2.75, 3.05) is 0 Å². The predicted molar refractivity (Wildman–Crippen MR) is 52.6 cm³/mol. The van der Waals surface area contributed by atoms with E-state index in [9.17, 15) is 0 Å². The zero-order valence-electron chi connectivity index (χ0n) is 8.06. The second kappa shape index (κ2) is 6.21. The lowest BCUT2D eigenvalue weighted by Crippen LogP contribution is -1.93. The molecule has 1 atom stereocenters. The van der Waals surface area contributed by atoms with Crippen molar-refractivity contribution < 1.29 is 0 Å². The lowest BCUT2D eigenvalue weighted by Gasteiger charge is -2.08. The molecule has 0 heteroatoms. The lowest BCUT2D eigenvalue weighted by molar-refractivity contribution is 0.576. The van der Waals surface area contributed by atoms with Crippen molar-refractivity contribution in [2.45, 2.75) is 40.0 Å². The van der Waals surface area contributed by atoms with Gasteiger partial charge in [0.2, 0.25) is 0 Å². The van der Waals surface area contributed by atoms with E-state index in [0.29, 0.717) is 0 Å². The topological polar surface area (TPSA) is 0 Å². The molecule has 0 aliphatic heterocycles. The van der Waals surface area contributed by atoms with Crippen molar-refractivity contribution in [1.29, 1.82) is 0 Å². The van der Waals surface area contributed by atoms with Crippen LogP contribution in [-0.2, 0) is 0 Å². The van der Waals surface area contributed by atoms with Gasteiger partial charge in [0.1, 0.15) is 0 Å². The van der Waals surface area contributed by atoms with E-state index in [1.807, 2.05) is 6.08 Å². The second-order valence-corrected chi connectivity index (χ2v) is 3.28. The first-order chi connectivity index (χ1) is 5.20. The molecule has 0 N–H and O–H groups in total. The average Bonchev–Trinajstić information content (AvgIpc) is 1.97.